The Balaban J connectivity index is 1.66. The molecule has 1 fully saturated rings. The molecule has 0 spiro atoms. The van der Waals surface area contributed by atoms with Gasteiger partial charge < -0.3 is 5.32 Å². The van der Waals surface area contributed by atoms with Gasteiger partial charge in [0.15, 0.2) is 0 Å². The van der Waals surface area contributed by atoms with Crippen LogP contribution in [0.2, 0.25) is 0 Å². The van der Waals surface area contributed by atoms with Crippen LogP contribution >= 0.6 is 27.7 Å². The molecule has 38 heavy (non-hydrogen) atoms. The molecule has 1 atom stereocenters. The monoisotopic (exact) mass is 593 g/mol. The fourth-order valence-electron chi connectivity index (χ4n) is 4.45. The maximum absolute atomic E-state index is 13.9. The van der Waals surface area contributed by atoms with Crippen LogP contribution in [0.4, 0.5) is 10.1 Å². The first-order valence-corrected chi connectivity index (χ1v) is 14.6. The van der Waals surface area contributed by atoms with Crippen molar-refractivity contribution in [1.82, 2.24) is 20.0 Å². The molecule has 5 rings (SSSR count). The van der Waals surface area contributed by atoms with Crippen molar-refractivity contribution in [2.45, 2.75) is 57.0 Å². The zero-order valence-electron chi connectivity index (χ0n) is 22.8. The topological polar surface area (TPSA) is 79.4 Å². The van der Waals surface area contributed by atoms with Gasteiger partial charge in [0.25, 0.3) is 0 Å². The van der Waals surface area contributed by atoms with E-state index in [4.69, 9.17) is 0 Å². The largest absolute Gasteiger partial charge is 0.383 e. The van der Waals surface area contributed by atoms with E-state index in [1.807, 2.05) is 23.1 Å². The highest BCUT2D eigenvalue weighted by atomic mass is 79.9. The summed E-state index contributed by atoms with van der Waals surface area (Å²) in [5.41, 5.74) is 3.96. The van der Waals surface area contributed by atoms with E-state index < -0.39 is 5.89 Å². The van der Waals surface area contributed by atoms with Crippen molar-refractivity contribution in [3.8, 4) is 6.07 Å². The molecule has 9 heteroatoms. The molecule has 1 N–H and O–H groups in total. The highest BCUT2D eigenvalue weighted by Gasteiger charge is 2.31. The molecule has 2 heterocycles. The van der Waals surface area contributed by atoms with Crippen LogP contribution in [0.1, 0.15) is 69.3 Å². The highest BCUT2D eigenvalue weighted by molar-refractivity contribution is 9.10. The molecule has 0 amide bonds. The first-order valence-electron chi connectivity index (χ1n) is 13.0. The Kier molecular flexibility index (Phi) is 7.10. The summed E-state index contributed by atoms with van der Waals surface area (Å²) in [6, 6.07) is 12.6. The predicted octanol–water partition coefficient (Wildman–Crippen LogP) is 7.49. The van der Waals surface area contributed by atoms with Crippen LogP contribution in [0.15, 0.2) is 52.1 Å². The van der Waals surface area contributed by atoms with E-state index in [0.29, 0.717) is 29.4 Å². The molecule has 196 valence electrons. The fourth-order valence-corrected chi connectivity index (χ4v) is 5.79. The lowest BCUT2D eigenvalue weighted by molar-refractivity contribution is 0.443. The van der Waals surface area contributed by atoms with Crippen molar-refractivity contribution in [1.29, 1.82) is 5.26 Å². The number of nitrogens with one attached hydrogen (secondary N) is 1. The summed E-state index contributed by atoms with van der Waals surface area (Å²) < 4.78 is 26.5. The number of halogens is 2. The average molecular weight is 595 g/mol. The number of thioether (sulfide) groups is 1. The van der Waals surface area contributed by atoms with Crippen LogP contribution < -0.4 is 5.32 Å². The Hall–Kier alpha value is -2.96. The number of nitriles is 1. The van der Waals surface area contributed by atoms with Crippen LogP contribution in [0, 0.1) is 22.6 Å². The lowest BCUT2D eigenvalue weighted by atomic mass is 9.89. The molecule has 0 aliphatic heterocycles. The third kappa shape index (κ3) is 5.57. The summed E-state index contributed by atoms with van der Waals surface area (Å²) >= 11 is 5.22. The minimum absolute atomic E-state index is 0.00230. The Bertz CT molecular complexity index is 1570. The van der Waals surface area contributed by atoms with Gasteiger partial charge in [0.2, 0.25) is 0 Å². The van der Waals surface area contributed by atoms with E-state index in [1.165, 1.54) is 23.9 Å². The minimum Gasteiger partial charge on any atom is -0.383 e. The van der Waals surface area contributed by atoms with Gasteiger partial charge in [0.1, 0.15) is 22.6 Å². The van der Waals surface area contributed by atoms with Crippen molar-refractivity contribution < 1.29 is 5.76 Å². The van der Waals surface area contributed by atoms with Gasteiger partial charge >= 0.3 is 0 Å². The molecule has 4 aromatic rings. The van der Waals surface area contributed by atoms with E-state index in [-0.39, 0.29) is 17.7 Å². The van der Waals surface area contributed by atoms with Crippen LogP contribution in [-0.2, 0) is 6.42 Å². The summed E-state index contributed by atoms with van der Waals surface area (Å²) in [4.78, 5) is 4.55. The number of hydrogen-bond acceptors (Lipinski definition) is 6. The summed E-state index contributed by atoms with van der Waals surface area (Å²) in [7, 11) is 0. The van der Waals surface area contributed by atoms with Gasteiger partial charge in [-0.2, -0.15) is 5.26 Å². The number of anilines is 1. The number of hydrogen-bond donors (Lipinski definition) is 1. The molecule has 1 aliphatic rings. The third-order valence-electron chi connectivity index (χ3n) is 6.50. The smallest absolute Gasteiger partial charge is 0.123 e. The zero-order valence-corrected chi connectivity index (χ0v) is 24.2. The SMILES string of the molecule is [2H][C@@](Cc1cc(Br)c2ncc(C#N)c(NCC(C)(C)C)c2c1)(c1ccc(F)cc1)c1nnn(C2CC2)c1SC. The van der Waals surface area contributed by atoms with Crippen molar-refractivity contribution in [3.63, 3.8) is 0 Å². The third-order valence-corrected chi connectivity index (χ3v) is 7.87. The van der Waals surface area contributed by atoms with E-state index >= 15 is 0 Å². The van der Waals surface area contributed by atoms with Gasteiger partial charge in [-0.3, -0.25) is 4.98 Å². The van der Waals surface area contributed by atoms with Gasteiger partial charge in [0, 0.05) is 29.9 Å². The second kappa shape index (κ2) is 10.7. The number of nitrogens with zero attached hydrogens (tertiary/aromatic N) is 5. The Morgan fingerprint density at radius 2 is 2.03 bits per heavy atom. The molecular formula is C29H30BrFN6S. The lowest BCUT2D eigenvalue weighted by Gasteiger charge is -2.22. The van der Waals surface area contributed by atoms with Crippen molar-refractivity contribution in [2.24, 2.45) is 5.41 Å². The Morgan fingerprint density at radius 3 is 2.66 bits per heavy atom. The molecule has 6 nitrogen and oxygen atoms in total. The molecule has 0 radical (unpaired) electrons. The summed E-state index contributed by atoms with van der Waals surface area (Å²) in [6.07, 6.45) is 5.93. The molecule has 2 aromatic carbocycles. The summed E-state index contributed by atoms with van der Waals surface area (Å²) in [5.74, 6) is -1.68. The maximum atomic E-state index is 13.9. The van der Waals surface area contributed by atoms with Gasteiger partial charge in [-0.15, -0.1) is 16.9 Å². The number of benzene rings is 2. The van der Waals surface area contributed by atoms with Gasteiger partial charge in [-0.05, 0) is 82.3 Å². The number of pyridine rings is 1. The van der Waals surface area contributed by atoms with Crippen molar-refractivity contribution in [3.05, 3.63) is 75.3 Å². The number of fused-ring (bicyclic) bond motifs is 1. The van der Waals surface area contributed by atoms with Crippen LogP contribution in [0.3, 0.4) is 0 Å². The molecular weight excluding hydrogens is 563 g/mol. The second-order valence-electron chi connectivity index (χ2n) is 10.8. The average Bonchev–Trinajstić information content (AvgIpc) is 3.64. The first-order chi connectivity index (χ1) is 18.5. The molecule has 0 saturated heterocycles. The van der Waals surface area contributed by atoms with E-state index in [0.717, 1.165) is 44.5 Å². The van der Waals surface area contributed by atoms with Crippen molar-refractivity contribution >= 4 is 44.3 Å². The summed E-state index contributed by atoms with van der Waals surface area (Å²) in [6.45, 7) is 7.06. The van der Waals surface area contributed by atoms with Crippen LogP contribution in [0.5, 0.6) is 0 Å². The standard InChI is InChI=1S/C29H30BrFN6S/c1-29(2,3)16-34-25-19(14-32)15-33-26-23(25)12-17(13-24(26)30)11-22(18-5-7-20(31)8-6-18)27-28(38-4)37(36-35-27)21-9-10-21/h5-8,12-13,15,21-22H,9-11,16H2,1-4H3,(H,33,34)/t22-/m1/s1/i22D. The van der Waals surface area contributed by atoms with Crippen molar-refractivity contribution in [2.75, 3.05) is 18.1 Å². The first kappa shape index (κ1) is 25.3. The van der Waals surface area contributed by atoms with Crippen LogP contribution in [-0.4, -0.2) is 32.8 Å². The zero-order chi connectivity index (χ0) is 27.9. The Morgan fingerprint density at radius 1 is 1.29 bits per heavy atom. The normalized spacial score (nSPS) is 15.7. The van der Waals surface area contributed by atoms with Gasteiger partial charge in [0.05, 0.1) is 22.8 Å². The lowest BCUT2D eigenvalue weighted by Crippen LogP contribution is -2.19. The maximum Gasteiger partial charge on any atom is 0.123 e. The predicted molar refractivity (Wildman–Crippen MR) is 154 cm³/mol. The molecule has 1 saturated carbocycles. The summed E-state index contributed by atoms with van der Waals surface area (Å²) in [5, 5.41) is 23.9. The van der Waals surface area contributed by atoms with Gasteiger partial charge in [-0.1, -0.05) is 38.1 Å². The molecule has 1 aliphatic carbocycles. The van der Waals surface area contributed by atoms with Gasteiger partial charge in [-0.25, -0.2) is 9.07 Å². The highest BCUT2D eigenvalue weighted by Crippen LogP contribution is 2.41. The van der Waals surface area contributed by atoms with E-state index in [2.05, 4.69) is 63.4 Å². The number of aromatic nitrogens is 4. The quantitative estimate of drug-likeness (QED) is 0.213. The number of rotatable bonds is 8. The molecule has 0 bridgehead atoms. The van der Waals surface area contributed by atoms with Crippen LogP contribution in [0.25, 0.3) is 10.9 Å². The fraction of sp³-hybridized carbons (Fsp3) is 0.379. The van der Waals surface area contributed by atoms with E-state index in [1.54, 1.807) is 18.3 Å². The second-order valence-corrected chi connectivity index (χ2v) is 12.5. The van der Waals surface area contributed by atoms with E-state index in [9.17, 15) is 11.0 Å². The molecule has 2 aromatic heterocycles. The molecule has 0 unspecified atom stereocenters. The Labute approximate surface area is 236 Å². The minimum atomic E-state index is -1.33.